The second kappa shape index (κ2) is 2.26. The van der Waals surface area contributed by atoms with Crippen molar-refractivity contribution in [2.45, 2.75) is 6.92 Å². The number of amides is 1. The Labute approximate surface area is 62.8 Å². The van der Waals surface area contributed by atoms with Crippen molar-refractivity contribution >= 4 is 5.91 Å². The number of aromatic nitrogens is 2. The van der Waals surface area contributed by atoms with Gasteiger partial charge in [-0.05, 0) is 6.92 Å². The lowest BCUT2D eigenvalue weighted by atomic mass is 10.2. The summed E-state index contributed by atoms with van der Waals surface area (Å²) >= 11 is 0. The number of rotatable bonds is 1. The molecule has 0 aliphatic rings. The van der Waals surface area contributed by atoms with E-state index in [0.717, 1.165) is 0 Å². The number of carbonyl (C=O) groups is 1. The van der Waals surface area contributed by atoms with Gasteiger partial charge in [-0.1, -0.05) is 0 Å². The van der Waals surface area contributed by atoms with Crippen molar-refractivity contribution < 1.29 is 4.79 Å². The molecule has 0 spiro atoms. The minimum absolute atomic E-state index is 0.0347. The molecule has 0 fully saturated rings. The van der Waals surface area contributed by atoms with E-state index in [1.54, 1.807) is 6.92 Å². The van der Waals surface area contributed by atoms with Crippen LogP contribution in [-0.4, -0.2) is 15.7 Å². The van der Waals surface area contributed by atoms with Crippen LogP contribution >= 0.6 is 0 Å². The SMILES string of the molecule is Cc1[nH]n(C)c(=O)c1C(N)=O. The lowest BCUT2D eigenvalue weighted by molar-refractivity contribution is 0.0998. The Balaban J connectivity index is 3.47. The van der Waals surface area contributed by atoms with E-state index < -0.39 is 5.91 Å². The van der Waals surface area contributed by atoms with Crippen LogP contribution in [0.25, 0.3) is 0 Å². The van der Waals surface area contributed by atoms with Crippen LogP contribution in [0.15, 0.2) is 4.79 Å². The van der Waals surface area contributed by atoms with Gasteiger partial charge in [-0.2, -0.15) is 0 Å². The highest BCUT2D eigenvalue weighted by Crippen LogP contribution is 1.95. The second-order valence-corrected chi connectivity index (χ2v) is 2.34. The molecule has 0 bridgehead atoms. The molecule has 0 aliphatic carbocycles. The van der Waals surface area contributed by atoms with Gasteiger partial charge in [0.05, 0.1) is 0 Å². The van der Waals surface area contributed by atoms with Gasteiger partial charge in [-0.15, -0.1) is 0 Å². The number of carbonyl (C=O) groups excluding carboxylic acids is 1. The molecule has 1 aromatic rings. The molecule has 1 amide bonds. The largest absolute Gasteiger partial charge is 0.365 e. The maximum absolute atomic E-state index is 11.1. The normalized spacial score (nSPS) is 10.0. The Kier molecular flexibility index (Phi) is 1.56. The monoisotopic (exact) mass is 155 g/mol. The molecule has 11 heavy (non-hydrogen) atoms. The lowest BCUT2D eigenvalue weighted by Gasteiger charge is -1.85. The molecule has 5 heteroatoms. The Hall–Kier alpha value is -1.52. The standard InChI is InChI=1S/C6H9N3O2/c1-3-4(5(7)10)6(11)9(2)8-3/h8H,1-2H3,(H2,7,10). The number of hydrogen-bond donors (Lipinski definition) is 2. The third-order valence-electron chi connectivity index (χ3n) is 1.48. The van der Waals surface area contributed by atoms with Gasteiger partial charge in [0.15, 0.2) is 0 Å². The van der Waals surface area contributed by atoms with Crippen LogP contribution < -0.4 is 11.3 Å². The first-order chi connectivity index (χ1) is 5.04. The molecule has 0 radical (unpaired) electrons. The third kappa shape index (κ3) is 1.04. The van der Waals surface area contributed by atoms with Gasteiger partial charge < -0.3 is 5.73 Å². The number of nitrogens with zero attached hydrogens (tertiary/aromatic N) is 1. The Morgan fingerprint density at radius 2 is 2.18 bits per heavy atom. The van der Waals surface area contributed by atoms with E-state index in [2.05, 4.69) is 5.10 Å². The molecule has 0 aliphatic heterocycles. The quantitative estimate of drug-likeness (QED) is 0.552. The van der Waals surface area contributed by atoms with Crippen LogP contribution in [0.2, 0.25) is 0 Å². The summed E-state index contributed by atoms with van der Waals surface area (Å²) in [4.78, 5) is 21.7. The molecule has 0 unspecified atom stereocenters. The highest BCUT2D eigenvalue weighted by Gasteiger charge is 2.13. The lowest BCUT2D eigenvalue weighted by Crippen LogP contribution is -2.23. The zero-order valence-corrected chi connectivity index (χ0v) is 6.34. The highest BCUT2D eigenvalue weighted by molar-refractivity contribution is 5.93. The summed E-state index contributed by atoms with van der Waals surface area (Å²) in [6, 6.07) is 0. The minimum atomic E-state index is -0.690. The van der Waals surface area contributed by atoms with Crippen molar-refractivity contribution in [2.75, 3.05) is 0 Å². The molecule has 0 saturated heterocycles. The smallest absolute Gasteiger partial charge is 0.279 e. The zero-order chi connectivity index (χ0) is 8.59. The van der Waals surface area contributed by atoms with Gasteiger partial charge in [-0.25, -0.2) is 0 Å². The Morgan fingerprint density at radius 3 is 2.36 bits per heavy atom. The van der Waals surface area contributed by atoms with E-state index in [0.29, 0.717) is 5.69 Å². The molecular weight excluding hydrogens is 146 g/mol. The summed E-state index contributed by atoms with van der Waals surface area (Å²) in [7, 11) is 1.53. The van der Waals surface area contributed by atoms with Gasteiger partial charge in [0, 0.05) is 12.7 Å². The van der Waals surface area contributed by atoms with Gasteiger partial charge >= 0.3 is 0 Å². The van der Waals surface area contributed by atoms with E-state index in [9.17, 15) is 9.59 Å². The van der Waals surface area contributed by atoms with Crippen molar-refractivity contribution in [3.63, 3.8) is 0 Å². The van der Waals surface area contributed by atoms with Crippen molar-refractivity contribution in [3.05, 3.63) is 21.6 Å². The maximum atomic E-state index is 11.1. The van der Waals surface area contributed by atoms with Crippen molar-refractivity contribution in [1.29, 1.82) is 0 Å². The first-order valence-electron chi connectivity index (χ1n) is 3.09. The average molecular weight is 155 g/mol. The molecule has 60 valence electrons. The number of hydrogen-bond acceptors (Lipinski definition) is 2. The fourth-order valence-electron chi connectivity index (χ4n) is 0.977. The molecule has 0 atom stereocenters. The maximum Gasteiger partial charge on any atom is 0.279 e. The number of primary amides is 1. The number of H-pyrrole nitrogens is 1. The molecule has 5 nitrogen and oxygen atoms in total. The zero-order valence-electron chi connectivity index (χ0n) is 6.34. The summed E-state index contributed by atoms with van der Waals surface area (Å²) in [5.74, 6) is -0.690. The molecule has 3 N–H and O–H groups in total. The average Bonchev–Trinajstić information content (AvgIpc) is 2.07. The minimum Gasteiger partial charge on any atom is -0.365 e. The predicted octanol–water partition coefficient (Wildman–Crippen LogP) is -0.879. The molecule has 1 rings (SSSR count). The van der Waals surface area contributed by atoms with Crippen LogP contribution in [0.4, 0.5) is 0 Å². The van der Waals surface area contributed by atoms with Crippen molar-refractivity contribution in [3.8, 4) is 0 Å². The first kappa shape index (κ1) is 7.59. The summed E-state index contributed by atoms with van der Waals surface area (Å²) in [5, 5.41) is 2.66. The van der Waals surface area contributed by atoms with Gasteiger partial charge in [0.2, 0.25) is 0 Å². The fraction of sp³-hybridized carbons (Fsp3) is 0.333. The van der Waals surface area contributed by atoms with Crippen LogP contribution in [-0.2, 0) is 7.05 Å². The summed E-state index contributed by atoms with van der Waals surface area (Å²) in [5.41, 5.74) is 5.12. The molecule has 1 aromatic heterocycles. The van der Waals surface area contributed by atoms with E-state index in [1.165, 1.54) is 11.7 Å². The molecule has 1 heterocycles. The third-order valence-corrected chi connectivity index (χ3v) is 1.48. The number of nitrogens with two attached hydrogens (primary N) is 1. The van der Waals surface area contributed by atoms with Crippen LogP contribution in [0.3, 0.4) is 0 Å². The van der Waals surface area contributed by atoms with Crippen molar-refractivity contribution in [1.82, 2.24) is 9.78 Å². The topological polar surface area (TPSA) is 80.9 Å². The first-order valence-corrected chi connectivity index (χ1v) is 3.09. The number of nitrogens with one attached hydrogen (secondary N) is 1. The number of aromatic amines is 1. The second-order valence-electron chi connectivity index (χ2n) is 2.34. The Morgan fingerprint density at radius 1 is 1.64 bits per heavy atom. The van der Waals surface area contributed by atoms with Gasteiger partial charge in [0.25, 0.3) is 11.5 Å². The van der Waals surface area contributed by atoms with Gasteiger partial charge in [-0.3, -0.25) is 19.4 Å². The summed E-state index contributed by atoms with van der Waals surface area (Å²) in [6.07, 6.45) is 0. The highest BCUT2D eigenvalue weighted by atomic mass is 16.2. The van der Waals surface area contributed by atoms with E-state index in [1.807, 2.05) is 0 Å². The van der Waals surface area contributed by atoms with Crippen molar-refractivity contribution in [2.24, 2.45) is 12.8 Å². The summed E-state index contributed by atoms with van der Waals surface area (Å²) < 4.78 is 1.22. The van der Waals surface area contributed by atoms with Gasteiger partial charge in [0.1, 0.15) is 5.56 Å². The molecular formula is C6H9N3O2. The Bertz CT molecular complexity index is 347. The van der Waals surface area contributed by atoms with E-state index in [-0.39, 0.29) is 11.1 Å². The number of aryl methyl sites for hydroxylation is 2. The van der Waals surface area contributed by atoms with Crippen LogP contribution in [0, 0.1) is 6.92 Å². The van der Waals surface area contributed by atoms with E-state index in [4.69, 9.17) is 5.73 Å². The predicted molar refractivity (Wildman–Crippen MR) is 39.3 cm³/mol. The molecule has 0 saturated carbocycles. The summed E-state index contributed by atoms with van der Waals surface area (Å²) in [6.45, 7) is 1.63. The van der Waals surface area contributed by atoms with Crippen LogP contribution in [0.5, 0.6) is 0 Å². The van der Waals surface area contributed by atoms with E-state index >= 15 is 0 Å². The fourth-order valence-corrected chi connectivity index (χ4v) is 0.977. The van der Waals surface area contributed by atoms with Crippen LogP contribution in [0.1, 0.15) is 16.1 Å². The molecule has 0 aromatic carbocycles.